The first-order chi connectivity index (χ1) is 19.0. The summed E-state index contributed by atoms with van der Waals surface area (Å²) >= 11 is 0. The molecule has 5 rings (SSSR count). The highest BCUT2D eigenvalue weighted by molar-refractivity contribution is 7.88. The number of pyridine rings is 1. The molecule has 11 nitrogen and oxygen atoms in total. The number of anilines is 5. The number of morpholine rings is 1. The summed E-state index contributed by atoms with van der Waals surface area (Å²) in [6, 6.07) is 9.71. The number of rotatable bonds is 6. The van der Waals surface area contributed by atoms with Crippen LogP contribution in [0.4, 0.5) is 42.1 Å². The molecule has 4 heterocycles. The van der Waals surface area contributed by atoms with Gasteiger partial charge < -0.3 is 25.6 Å². The summed E-state index contributed by atoms with van der Waals surface area (Å²) in [5, 5.41) is 3.11. The Hall–Kier alpha value is -3.69. The van der Waals surface area contributed by atoms with Gasteiger partial charge in [-0.3, -0.25) is 0 Å². The SMILES string of the molecule is CS(=O)(=O)N1CCN(c2ccc(Nc3nc(-c4cnc(N)cc4C(F)(F)F)cc(N4CCOCC4)n3)cc2)CC1. The van der Waals surface area contributed by atoms with Gasteiger partial charge in [-0.1, -0.05) is 0 Å². The van der Waals surface area contributed by atoms with E-state index in [0.717, 1.165) is 18.0 Å². The van der Waals surface area contributed by atoms with Crippen molar-refractivity contribution in [1.82, 2.24) is 19.3 Å². The minimum absolute atomic E-state index is 0.0548. The van der Waals surface area contributed by atoms with Crippen LogP contribution in [0.25, 0.3) is 11.3 Å². The van der Waals surface area contributed by atoms with Crippen molar-refractivity contribution in [1.29, 1.82) is 0 Å². The molecule has 0 aliphatic carbocycles. The fourth-order valence-electron chi connectivity index (χ4n) is 4.66. The molecule has 0 saturated carbocycles. The van der Waals surface area contributed by atoms with Gasteiger partial charge in [0.1, 0.15) is 11.6 Å². The van der Waals surface area contributed by atoms with Gasteiger partial charge in [-0.05, 0) is 30.3 Å². The van der Waals surface area contributed by atoms with Crippen molar-refractivity contribution in [3.8, 4) is 11.3 Å². The molecule has 15 heteroatoms. The molecule has 2 aliphatic heterocycles. The Balaban J connectivity index is 1.42. The smallest absolute Gasteiger partial charge is 0.384 e. The third kappa shape index (κ3) is 6.37. The third-order valence-electron chi connectivity index (χ3n) is 6.75. The van der Waals surface area contributed by atoms with Crippen LogP contribution < -0.4 is 20.9 Å². The Morgan fingerprint density at radius 1 is 0.950 bits per heavy atom. The number of hydrogen-bond acceptors (Lipinski definition) is 10. The molecule has 0 atom stereocenters. The molecule has 0 amide bonds. The summed E-state index contributed by atoms with van der Waals surface area (Å²) in [7, 11) is -3.22. The van der Waals surface area contributed by atoms with E-state index in [0.29, 0.717) is 64.0 Å². The standard InChI is InChI=1S/C25H29F3N8O3S/c1-40(37,38)36-8-6-34(7-9-36)18-4-2-17(3-5-18)31-24-32-21(15-23(33-24)35-10-12-39-13-11-35)19-16-30-22(29)14-20(19)25(26,27)28/h2-5,14-16H,6-13H2,1H3,(H2,29,30)(H,31,32,33). The summed E-state index contributed by atoms with van der Waals surface area (Å²) in [5.74, 6) is 0.342. The first-order valence-corrected chi connectivity index (χ1v) is 14.4. The van der Waals surface area contributed by atoms with Crippen LogP contribution in [0.5, 0.6) is 0 Å². The quantitative estimate of drug-likeness (QED) is 0.450. The molecule has 2 saturated heterocycles. The molecule has 3 N–H and O–H groups in total. The lowest BCUT2D eigenvalue weighted by atomic mass is 10.1. The highest BCUT2D eigenvalue weighted by atomic mass is 32.2. The average Bonchev–Trinajstić information content (AvgIpc) is 2.93. The second-order valence-electron chi connectivity index (χ2n) is 9.51. The number of benzene rings is 1. The maximum atomic E-state index is 13.9. The van der Waals surface area contributed by atoms with E-state index in [4.69, 9.17) is 10.5 Å². The first-order valence-electron chi connectivity index (χ1n) is 12.6. The zero-order chi connectivity index (χ0) is 28.5. The lowest BCUT2D eigenvalue weighted by Crippen LogP contribution is -2.48. The van der Waals surface area contributed by atoms with Crippen LogP contribution in [0.2, 0.25) is 0 Å². The number of sulfonamides is 1. The summed E-state index contributed by atoms with van der Waals surface area (Å²) in [6.45, 7) is 3.94. The number of ether oxygens (including phenoxy) is 1. The first kappa shape index (κ1) is 27.9. The molecule has 2 fully saturated rings. The molecular weight excluding hydrogens is 549 g/mol. The minimum Gasteiger partial charge on any atom is -0.384 e. The third-order valence-corrected chi connectivity index (χ3v) is 8.05. The minimum atomic E-state index is -4.66. The number of nitrogen functional groups attached to an aromatic ring is 1. The Kier molecular flexibility index (Phi) is 7.70. The molecule has 2 aliphatic rings. The number of halogens is 3. The van der Waals surface area contributed by atoms with Crippen LogP contribution in [-0.2, 0) is 20.9 Å². The van der Waals surface area contributed by atoms with Gasteiger partial charge in [-0.2, -0.15) is 22.5 Å². The fraction of sp³-hybridized carbons (Fsp3) is 0.400. The van der Waals surface area contributed by atoms with E-state index in [1.165, 1.54) is 16.6 Å². The lowest BCUT2D eigenvalue weighted by Gasteiger charge is -2.34. The summed E-state index contributed by atoms with van der Waals surface area (Å²) in [6.07, 6.45) is -2.38. The number of nitrogens with two attached hydrogens (primary N) is 1. The Morgan fingerprint density at radius 3 is 2.25 bits per heavy atom. The highest BCUT2D eigenvalue weighted by Crippen LogP contribution is 2.38. The zero-order valence-corrected chi connectivity index (χ0v) is 22.5. The molecular formula is C25H29F3N8O3S. The maximum absolute atomic E-state index is 13.9. The van der Waals surface area contributed by atoms with Gasteiger partial charge >= 0.3 is 6.18 Å². The van der Waals surface area contributed by atoms with Crippen LogP contribution in [0.15, 0.2) is 42.6 Å². The maximum Gasteiger partial charge on any atom is 0.417 e. The van der Waals surface area contributed by atoms with Gasteiger partial charge in [0.25, 0.3) is 0 Å². The van der Waals surface area contributed by atoms with Crippen LogP contribution in [0.3, 0.4) is 0 Å². The van der Waals surface area contributed by atoms with Gasteiger partial charge in [0.05, 0.1) is 30.7 Å². The van der Waals surface area contributed by atoms with E-state index < -0.39 is 21.8 Å². The average molecular weight is 579 g/mol. The van der Waals surface area contributed by atoms with Crippen molar-refractivity contribution >= 4 is 39.0 Å². The molecule has 40 heavy (non-hydrogen) atoms. The van der Waals surface area contributed by atoms with Crippen LogP contribution >= 0.6 is 0 Å². The fourth-order valence-corrected chi connectivity index (χ4v) is 5.48. The van der Waals surface area contributed by atoms with Crippen molar-refractivity contribution in [3.05, 3.63) is 48.2 Å². The molecule has 3 aromatic rings. The number of alkyl halides is 3. The van der Waals surface area contributed by atoms with Gasteiger partial charge in [-0.25, -0.2) is 18.4 Å². The number of piperazine rings is 1. The number of hydrogen-bond donors (Lipinski definition) is 2. The second kappa shape index (κ2) is 11.1. The Morgan fingerprint density at radius 2 is 1.62 bits per heavy atom. The molecule has 0 unspecified atom stereocenters. The van der Waals surface area contributed by atoms with Crippen LogP contribution in [-0.4, -0.2) is 86.4 Å². The van der Waals surface area contributed by atoms with Crippen LogP contribution in [0.1, 0.15) is 5.56 Å². The molecule has 1 aromatic carbocycles. The molecule has 0 radical (unpaired) electrons. The lowest BCUT2D eigenvalue weighted by molar-refractivity contribution is -0.137. The van der Waals surface area contributed by atoms with Gasteiger partial charge in [0.15, 0.2) is 0 Å². The van der Waals surface area contributed by atoms with Crippen molar-refractivity contribution in [3.63, 3.8) is 0 Å². The zero-order valence-electron chi connectivity index (χ0n) is 21.7. The predicted octanol–water partition coefficient (Wildman–Crippen LogP) is 2.80. The number of aromatic nitrogens is 3. The van der Waals surface area contributed by atoms with Crippen molar-refractivity contribution in [2.45, 2.75) is 6.18 Å². The van der Waals surface area contributed by atoms with E-state index in [1.807, 2.05) is 29.2 Å². The van der Waals surface area contributed by atoms with Crippen molar-refractivity contribution in [2.24, 2.45) is 0 Å². The summed E-state index contributed by atoms with van der Waals surface area (Å²) in [5.41, 5.74) is 6.04. The van der Waals surface area contributed by atoms with E-state index in [-0.39, 0.29) is 23.0 Å². The normalized spacial score (nSPS) is 17.2. The van der Waals surface area contributed by atoms with Gasteiger partial charge in [0, 0.05) is 68.5 Å². The van der Waals surface area contributed by atoms with E-state index in [9.17, 15) is 21.6 Å². The molecule has 214 valence electrons. The highest BCUT2D eigenvalue weighted by Gasteiger charge is 2.35. The predicted molar refractivity (Wildman–Crippen MR) is 146 cm³/mol. The van der Waals surface area contributed by atoms with E-state index in [2.05, 4.69) is 25.2 Å². The molecule has 2 aromatic heterocycles. The van der Waals surface area contributed by atoms with Crippen LogP contribution in [0, 0.1) is 0 Å². The summed E-state index contributed by atoms with van der Waals surface area (Å²) in [4.78, 5) is 16.9. The molecule has 0 bridgehead atoms. The summed E-state index contributed by atoms with van der Waals surface area (Å²) < 4.78 is 72.1. The van der Waals surface area contributed by atoms with Gasteiger partial charge in [0.2, 0.25) is 16.0 Å². The topological polar surface area (TPSA) is 130 Å². The second-order valence-corrected chi connectivity index (χ2v) is 11.5. The monoisotopic (exact) mass is 578 g/mol. The number of nitrogens with one attached hydrogen (secondary N) is 1. The van der Waals surface area contributed by atoms with Crippen molar-refractivity contribution < 1.29 is 26.3 Å². The van der Waals surface area contributed by atoms with E-state index in [1.54, 1.807) is 0 Å². The van der Waals surface area contributed by atoms with E-state index >= 15 is 0 Å². The number of nitrogens with zero attached hydrogens (tertiary/aromatic N) is 6. The Bertz CT molecular complexity index is 1460. The molecule has 0 spiro atoms. The largest absolute Gasteiger partial charge is 0.417 e. The van der Waals surface area contributed by atoms with Crippen molar-refractivity contribution in [2.75, 3.05) is 79.6 Å². The Labute approximate surface area is 229 Å². The van der Waals surface area contributed by atoms with Gasteiger partial charge in [-0.15, -0.1) is 0 Å².